The van der Waals surface area contributed by atoms with Crippen LogP contribution in [0.5, 0.6) is 0 Å². The predicted molar refractivity (Wildman–Crippen MR) is 76.7 cm³/mol. The summed E-state index contributed by atoms with van der Waals surface area (Å²) in [5, 5.41) is 3.89. The maximum atomic E-state index is 6.12. The van der Waals surface area contributed by atoms with E-state index < -0.39 is 0 Å². The molecule has 1 aliphatic heterocycles. The van der Waals surface area contributed by atoms with Crippen molar-refractivity contribution in [3.05, 3.63) is 22.8 Å². The van der Waals surface area contributed by atoms with E-state index in [-0.39, 0.29) is 6.10 Å². The Morgan fingerprint density at radius 2 is 2.42 bits per heavy atom. The van der Waals surface area contributed by atoms with Crippen LogP contribution in [-0.2, 0) is 16.1 Å². The summed E-state index contributed by atoms with van der Waals surface area (Å²) in [5.41, 5.74) is 0.778. The summed E-state index contributed by atoms with van der Waals surface area (Å²) in [7, 11) is 0. The van der Waals surface area contributed by atoms with Gasteiger partial charge in [0.05, 0.1) is 30.0 Å². The Balaban J connectivity index is 1.83. The molecule has 106 valence electrons. The summed E-state index contributed by atoms with van der Waals surface area (Å²) >= 11 is 6.12. The average Bonchev–Trinajstić information content (AvgIpc) is 2.92. The lowest BCUT2D eigenvalue weighted by Gasteiger charge is -2.11. The van der Waals surface area contributed by atoms with Crippen molar-refractivity contribution in [2.45, 2.75) is 38.9 Å². The Bertz CT molecular complexity index is 395. The van der Waals surface area contributed by atoms with Crippen LogP contribution >= 0.6 is 11.6 Å². The van der Waals surface area contributed by atoms with Gasteiger partial charge in [-0.15, -0.1) is 0 Å². The van der Waals surface area contributed by atoms with E-state index in [4.69, 9.17) is 21.1 Å². The van der Waals surface area contributed by atoms with Gasteiger partial charge in [0.15, 0.2) is 0 Å². The fourth-order valence-corrected chi connectivity index (χ4v) is 2.16. The number of hydrogen-bond acceptors (Lipinski definition) is 4. The fraction of sp³-hybridized carbons (Fsp3) is 0.643. The van der Waals surface area contributed by atoms with Gasteiger partial charge >= 0.3 is 0 Å². The number of rotatable bonds is 7. The summed E-state index contributed by atoms with van der Waals surface area (Å²) in [4.78, 5) is 4.47. The molecule has 0 bridgehead atoms. The number of aromatic nitrogens is 1. The fourth-order valence-electron chi connectivity index (χ4n) is 2.00. The SMILES string of the molecule is CCCNc1ccc(Cl)c(COCC2CCCO2)n1. The molecule has 1 saturated heterocycles. The second-order valence-electron chi connectivity index (χ2n) is 4.70. The normalized spacial score (nSPS) is 18.7. The molecule has 1 fully saturated rings. The van der Waals surface area contributed by atoms with Crippen molar-refractivity contribution >= 4 is 17.4 Å². The molecule has 19 heavy (non-hydrogen) atoms. The molecule has 1 aromatic heterocycles. The molecule has 0 radical (unpaired) electrons. The van der Waals surface area contributed by atoms with Gasteiger partial charge in [0.2, 0.25) is 0 Å². The van der Waals surface area contributed by atoms with Crippen LogP contribution in [0.2, 0.25) is 5.02 Å². The van der Waals surface area contributed by atoms with E-state index in [1.165, 1.54) is 0 Å². The van der Waals surface area contributed by atoms with E-state index in [2.05, 4.69) is 17.2 Å². The van der Waals surface area contributed by atoms with Crippen molar-refractivity contribution in [2.24, 2.45) is 0 Å². The van der Waals surface area contributed by atoms with Crippen LogP contribution in [0, 0.1) is 0 Å². The second kappa shape index (κ2) is 7.68. The minimum Gasteiger partial charge on any atom is -0.376 e. The molecular formula is C14H21ClN2O2. The number of nitrogens with zero attached hydrogens (tertiary/aromatic N) is 1. The van der Waals surface area contributed by atoms with E-state index in [0.717, 1.165) is 43.9 Å². The van der Waals surface area contributed by atoms with Crippen LogP contribution in [0.4, 0.5) is 5.82 Å². The third-order valence-corrected chi connectivity index (χ3v) is 3.39. The minimum absolute atomic E-state index is 0.236. The molecule has 4 nitrogen and oxygen atoms in total. The van der Waals surface area contributed by atoms with E-state index in [1.807, 2.05) is 12.1 Å². The van der Waals surface area contributed by atoms with Crippen molar-refractivity contribution in [2.75, 3.05) is 25.1 Å². The van der Waals surface area contributed by atoms with Crippen molar-refractivity contribution in [3.63, 3.8) is 0 Å². The largest absolute Gasteiger partial charge is 0.376 e. The van der Waals surface area contributed by atoms with Gasteiger partial charge in [0.1, 0.15) is 5.82 Å². The van der Waals surface area contributed by atoms with Crippen LogP contribution in [0.25, 0.3) is 0 Å². The molecule has 0 aliphatic carbocycles. The lowest BCUT2D eigenvalue weighted by molar-refractivity contribution is 0.00970. The van der Waals surface area contributed by atoms with Crippen LogP contribution < -0.4 is 5.32 Å². The third-order valence-electron chi connectivity index (χ3n) is 3.04. The predicted octanol–water partition coefficient (Wildman–Crippen LogP) is 3.25. The van der Waals surface area contributed by atoms with Crippen LogP contribution in [0.15, 0.2) is 12.1 Å². The summed E-state index contributed by atoms with van der Waals surface area (Å²) in [6.07, 6.45) is 3.51. The zero-order valence-corrected chi connectivity index (χ0v) is 12.1. The number of halogens is 1. The van der Waals surface area contributed by atoms with Gasteiger partial charge in [-0.2, -0.15) is 0 Å². The smallest absolute Gasteiger partial charge is 0.126 e. The zero-order chi connectivity index (χ0) is 13.5. The van der Waals surface area contributed by atoms with Gasteiger partial charge in [0.25, 0.3) is 0 Å². The van der Waals surface area contributed by atoms with Crippen molar-refractivity contribution in [3.8, 4) is 0 Å². The minimum atomic E-state index is 0.236. The van der Waals surface area contributed by atoms with Gasteiger partial charge in [-0.25, -0.2) is 4.98 Å². The van der Waals surface area contributed by atoms with Gasteiger partial charge in [-0.3, -0.25) is 0 Å². The quantitative estimate of drug-likeness (QED) is 0.835. The van der Waals surface area contributed by atoms with Gasteiger partial charge in [-0.1, -0.05) is 18.5 Å². The molecule has 1 N–H and O–H groups in total. The Kier molecular flexibility index (Phi) is 5.89. The molecular weight excluding hydrogens is 264 g/mol. The molecule has 2 heterocycles. The molecule has 5 heteroatoms. The van der Waals surface area contributed by atoms with Gasteiger partial charge in [-0.05, 0) is 31.4 Å². The van der Waals surface area contributed by atoms with Crippen molar-refractivity contribution in [1.29, 1.82) is 0 Å². The molecule has 0 spiro atoms. The Morgan fingerprint density at radius 3 is 3.16 bits per heavy atom. The number of hydrogen-bond donors (Lipinski definition) is 1. The summed E-state index contributed by atoms with van der Waals surface area (Å²) in [5.74, 6) is 0.849. The summed E-state index contributed by atoms with van der Waals surface area (Å²) in [6.45, 7) is 4.92. The molecule has 0 aromatic carbocycles. The molecule has 1 unspecified atom stereocenters. The number of ether oxygens (including phenoxy) is 2. The standard InChI is InChI=1S/C14H21ClN2O2/c1-2-7-16-14-6-5-12(15)13(17-14)10-18-9-11-4-3-8-19-11/h5-6,11H,2-4,7-10H2,1H3,(H,16,17). The zero-order valence-electron chi connectivity index (χ0n) is 11.3. The number of nitrogens with one attached hydrogen (secondary N) is 1. The Labute approximate surface area is 119 Å². The van der Waals surface area contributed by atoms with E-state index >= 15 is 0 Å². The maximum absolute atomic E-state index is 6.12. The maximum Gasteiger partial charge on any atom is 0.126 e. The van der Waals surface area contributed by atoms with E-state index in [9.17, 15) is 0 Å². The van der Waals surface area contributed by atoms with Gasteiger partial charge < -0.3 is 14.8 Å². The number of pyridine rings is 1. The monoisotopic (exact) mass is 284 g/mol. The van der Waals surface area contributed by atoms with Crippen LogP contribution in [0.3, 0.4) is 0 Å². The third kappa shape index (κ3) is 4.64. The summed E-state index contributed by atoms with van der Waals surface area (Å²) in [6, 6.07) is 3.75. The Morgan fingerprint density at radius 1 is 1.53 bits per heavy atom. The van der Waals surface area contributed by atoms with Crippen molar-refractivity contribution < 1.29 is 9.47 Å². The lowest BCUT2D eigenvalue weighted by Crippen LogP contribution is -2.14. The molecule has 0 saturated carbocycles. The topological polar surface area (TPSA) is 43.4 Å². The van der Waals surface area contributed by atoms with Gasteiger partial charge in [0, 0.05) is 13.2 Å². The van der Waals surface area contributed by atoms with Crippen LogP contribution in [-0.4, -0.2) is 30.8 Å². The molecule has 2 rings (SSSR count). The van der Waals surface area contributed by atoms with Crippen LogP contribution in [0.1, 0.15) is 31.9 Å². The highest BCUT2D eigenvalue weighted by Crippen LogP contribution is 2.18. The summed E-state index contributed by atoms with van der Waals surface area (Å²) < 4.78 is 11.2. The molecule has 1 atom stereocenters. The second-order valence-corrected chi connectivity index (χ2v) is 5.11. The average molecular weight is 285 g/mol. The first-order valence-electron chi connectivity index (χ1n) is 6.88. The van der Waals surface area contributed by atoms with E-state index in [1.54, 1.807) is 0 Å². The first kappa shape index (κ1) is 14.6. The molecule has 0 amide bonds. The highest BCUT2D eigenvalue weighted by atomic mass is 35.5. The highest BCUT2D eigenvalue weighted by Gasteiger charge is 2.15. The first-order chi connectivity index (χ1) is 9.29. The molecule has 1 aromatic rings. The van der Waals surface area contributed by atoms with Crippen molar-refractivity contribution in [1.82, 2.24) is 4.98 Å². The lowest BCUT2D eigenvalue weighted by atomic mass is 10.2. The Hall–Kier alpha value is -0.840. The molecule has 1 aliphatic rings. The number of anilines is 1. The first-order valence-corrected chi connectivity index (χ1v) is 7.26. The van der Waals surface area contributed by atoms with E-state index in [0.29, 0.717) is 18.2 Å². The highest BCUT2D eigenvalue weighted by molar-refractivity contribution is 6.31.